The normalized spacial score (nSPS) is 18.9. The van der Waals surface area contributed by atoms with E-state index in [2.05, 4.69) is 21.3 Å². The lowest BCUT2D eigenvalue weighted by Crippen LogP contribution is -2.53. The van der Waals surface area contributed by atoms with Gasteiger partial charge in [0.2, 0.25) is 23.5 Å². The maximum Gasteiger partial charge on any atom is 0.290 e. The summed E-state index contributed by atoms with van der Waals surface area (Å²) in [6.07, 6.45) is 2.42. The van der Waals surface area contributed by atoms with Crippen molar-refractivity contribution < 1.29 is 24.0 Å². The van der Waals surface area contributed by atoms with E-state index < -0.39 is 36.2 Å². The third kappa shape index (κ3) is 7.65. The molecular formula is C24H35N5O5. The van der Waals surface area contributed by atoms with E-state index in [4.69, 9.17) is 0 Å². The number of carbonyl (C=O) groups excluding carboxylic acids is 5. The fraction of sp³-hybridized carbons (Fsp3) is 0.542. The fourth-order valence-corrected chi connectivity index (χ4v) is 3.77. The SMILES string of the molecule is CCCC(NC(=O)[C@@H]1CC[C@H](C)N1)C(=O)C(=O)NCC(=O)NC(C(=O)N(C)C)c1ccccc1. The zero-order valence-corrected chi connectivity index (χ0v) is 20.2. The molecule has 186 valence electrons. The second kappa shape index (κ2) is 12.8. The zero-order chi connectivity index (χ0) is 25.3. The minimum absolute atomic E-state index is 0.219. The van der Waals surface area contributed by atoms with Gasteiger partial charge in [0.25, 0.3) is 5.91 Å². The maximum atomic E-state index is 12.7. The lowest BCUT2D eigenvalue weighted by Gasteiger charge is -2.22. The third-order valence-corrected chi connectivity index (χ3v) is 5.66. The molecule has 4 amide bonds. The first-order chi connectivity index (χ1) is 16.1. The van der Waals surface area contributed by atoms with Crippen molar-refractivity contribution in [3.63, 3.8) is 0 Å². The lowest BCUT2D eigenvalue weighted by molar-refractivity contribution is -0.141. The van der Waals surface area contributed by atoms with Gasteiger partial charge in [-0.25, -0.2) is 0 Å². The number of amides is 4. The van der Waals surface area contributed by atoms with Crippen molar-refractivity contribution in [2.24, 2.45) is 0 Å². The van der Waals surface area contributed by atoms with Crippen LogP contribution in [0.1, 0.15) is 51.1 Å². The van der Waals surface area contributed by atoms with Crippen LogP contribution in [0.5, 0.6) is 0 Å². The van der Waals surface area contributed by atoms with Crippen LogP contribution < -0.4 is 21.3 Å². The van der Waals surface area contributed by atoms with Crippen LogP contribution in [0.15, 0.2) is 30.3 Å². The van der Waals surface area contributed by atoms with Gasteiger partial charge in [-0.15, -0.1) is 0 Å². The first-order valence-electron chi connectivity index (χ1n) is 11.6. The molecule has 1 aliphatic heterocycles. The Kier molecular flexibility index (Phi) is 10.2. The highest BCUT2D eigenvalue weighted by Gasteiger charge is 2.32. The molecular weight excluding hydrogens is 438 g/mol. The van der Waals surface area contributed by atoms with Crippen LogP contribution in [0.2, 0.25) is 0 Å². The average molecular weight is 474 g/mol. The highest BCUT2D eigenvalue weighted by atomic mass is 16.2. The molecule has 10 heteroatoms. The molecule has 1 aromatic carbocycles. The number of benzene rings is 1. The van der Waals surface area contributed by atoms with Crippen molar-refractivity contribution in [1.29, 1.82) is 0 Å². The monoisotopic (exact) mass is 473 g/mol. The third-order valence-electron chi connectivity index (χ3n) is 5.66. The molecule has 1 fully saturated rings. The first-order valence-corrected chi connectivity index (χ1v) is 11.6. The molecule has 0 spiro atoms. The van der Waals surface area contributed by atoms with Crippen LogP contribution in [0.4, 0.5) is 0 Å². The largest absolute Gasteiger partial charge is 0.347 e. The summed E-state index contributed by atoms with van der Waals surface area (Å²) in [4.78, 5) is 64.0. The summed E-state index contributed by atoms with van der Waals surface area (Å²) in [5.74, 6) is -3.03. The smallest absolute Gasteiger partial charge is 0.290 e. The Morgan fingerprint density at radius 2 is 1.74 bits per heavy atom. The Bertz CT molecular complexity index is 889. The molecule has 0 radical (unpaired) electrons. The van der Waals surface area contributed by atoms with Crippen molar-refractivity contribution in [2.45, 2.75) is 63.7 Å². The summed E-state index contributed by atoms with van der Waals surface area (Å²) in [7, 11) is 3.16. The van der Waals surface area contributed by atoms with Gasteiger partial charge in [-0.1, -0.05) is 43.7 Å². The van der Waals surface area contributed by atoms with Crippen molar-refractivity contribution in [3.8, 4) is 0 Å². The van der Waals surface area contributed by atoms with E-state index in [-0.39, 0.29) is 23.9 Å². The Morgan fingerprint density at radius 1 is 1.06 bits per heavy atom. The molecule has 1 saturated heterocycles. The molecule has 0 aliphatic carbocycles. The summed E-state index contributed by atoms with van der Waals surface area (Å²) < 4.78 is 0. The Hall–Kier alpha value is -3.27. The molecule has 10 nitrogen and oxygen atoms in total. The van der Waals surface area contributed by atoms with Gasteiger partial charge in [-0.3, -0.25) is 24.0 Å². The molecule has 0 saturated carbocycles. The van der Waals surface area contributed by atoms with Gasteiger partial charge in [0, 0.05) is 20.1 Å². The highest BCUT2D eigenvalue weighted by Crippen LogP contribution is 2.15. The molecule has 1 aromatic rings. The summed E-state index contributed by atoms with van der Waals surface area (Å²) in [5.41, 5.74) is 0.595. The van der Waals surface area contributed by atoms with E-state index in [1.807, 2.05) is 13.8 Å². The van der Waals surface area contributed by atoms with E-state index in [0.717, 1.165) is 6.42 Å². The molecule has 4 N–H and O–H groups in total. The van der Waals surface area contributed by atoms with Crippen LogP contribution >= 0.6 is 0 Å². The predicted octanol–water partition coefficient (Wildman–Crippen LogP) is 0.0428. The van der Waals surface area contributed by atoms with Crippen LogP contribution in [0, 0.1) is 0 Å². The standard InChI is InChI=1S/C24H35N5O5/c1-5-9-17(27-22(32)18-13-12-15(2)26-18)21(31)23(33)25-14-19(30)28-20(24(34)29(3)4)16-10-7-6-8-11-16/h6-8,10-11,15,17-18,20,26H,5,9,12-14H2,1-4H3,(H,25,33)(H,27,32)(H,28,30)/t15-,17?,18-,20?/m0/s1. The number of rotatable bonds is 11. The summed E-state index contributed by atoms with van der Waals surface area (Å²) in [6.45, 7) is 3.34. The van der Waals surface area contributed by atoms with Crippen LogP contribution in [0.25, 0.3) is 0 Å². The van der Waals surface area contributed by atoms with Gasteiger partial charge >= 0.3 is 0 Å². The van der Waals surface area contributed by atoms with Crippen LogP contribution in [0.3, 0.4) is 0 Å². The second-order valence-corrected chi connectivity index (χ2v) is 8.74. The highest BCUT2D eigenvalue weighted by molar-refractivity contribution is 6.38. The molecule has 0 aromatic heterocycles. The molecule has 2 unspecified atom stereocenters. The Labute approximate surface area is 200 Å². The Morgan fingerprint density at radius 3 is 2.29 bits per heavy atom. The van der Waals surface area contributed by atoms with E-state index in [1.54, 1.807) is 44.4 Å². The fourth-order valence-electron chi connectivity index (χ4n) is 3.77. The average Bonchev–Trinajstić information content (AvgIpc) is 3.26. The number of hydrogen-bond acceptors (Lipinski definition) is 6. The number of ketones is 1. The minimum Gasteiger partial charge on any atom is -0.347 e. The van der Waals surface area contributed by atoms with E-state index in [9.17, 15) is 24.0 Å². The number of nitrogens with one attached hydrogen (secondary N) is 4. The van der Waals surface area contributed by atoms with Gasteiger partial charge in [0.15, 0.2) is 0 Å². The molecule has 2 rings (SSSR count). The van der Waals surface area contributed by atoms with Crippen LogP contribution in [-0.2, 0) is 24.0 Å². The van der Waals surface area contributed by atoms with Crippen molar-refractivity contribution >= 4 is 29.4 Å². The molecule has 4 atom stereocenters. The van der Waals surface area contributed by atoms with E-state index in [1.165, 1.54) is 4.90 Å². The number of likely N-dealkylation sites (N-methyl/N-ethyl adjacent to an activating group) is 1. The lowest BCUT2D eigenvalue weighted by atomic mass is 10.1. The first kappa shape index (κ1) is 27.0. The van der Waals surface area contributed by atoms with Crippen molar-refractivity contribution in [3.05, 3.63) is 35.9 Å². The minimum atomic E-state index is -0.967. The van der Waals surface area contributed by atoms with Gasteiger partial charge in [-0.05, 0) is 31.7 Å². The summed E-state index contributed by atoms with van der Waals surface area (Å²) >= 11 is 0. The predicted molar refractivity (Wildman–Crippen MR) is 126 cm³/mol. The van der Waals surface area contributed by atoms with Gasteiger partial charge in [-0.2, -0.15) is 0 Å². The van der Waals surface area contributed by atoms with Gasteiger partial charge in [0.1, 0.15) is 6.04 Å². The van der Waals surface area contributed by atoms with Crippen molar-refractivity contribution in [2.75, 3.05) is 20.6 Å². The number of hydrogen-bond donors (Lipinski definition) is 4. The molecule has 34 heavy (non-hydrogen) atoms. The number of Topliss-reactive ketones (excluding diaryl/α,β-unsaturated/α-hetero) is 1. The van der Waals surface area contributed by atoms with E-state index in [0.29, 0.717) is 24.8 Å². The summed E-state index contributed by atoms with van der Waals surface area (Å²) in [5, 5.41) is 10.7. The van der Waals surface area contributed by atoms with Gasteiger partial charge in [0.05, 0.1) is 18.6 Å². The van der Waals surface area contributed by atoms with Gasteiger partial charge < -0.3 is 26.2 Å². The quantitative estimate of drug-likeness (QED) is 0.335. The Balaban J connectivity index is 1.94. The maximum absolute atomic E-state index is 12.7. The molecule has 1 aliphatic rings. The summed E-state index contributed by atoms with van der Waals surface area (Å²) in [6, 6.07) is 6.67. The number of carbonyl (C=O) groups is 5. The molecule has 1 heterocycles. The zero-order valence-electron chi connectivity index (χ0n) is 20.2. The van der Waals surface area contributed by atoms with Crippen LogP contribution in [-0.4, -0.2) is 73.1 Å². The van der Waals surface area contributed by atoms with E-state index >= 15 is 0 Å². The van der Waals surface area contributed by atoms with Crippen molar-refractivity contribution in [1.82, 2.24) is 26.2 Å². The number of nitrogens with zero attached hydrogens (tertiary/aromatic N) is 1. The second-order valence-electron chi connectivity index (χ2n) is 8.74. The topological polar surface area (TPSA) is 137 Å². The molecule has 0 bridgehead atoms.